The molecule has 5 heteroatoms. The minimum atomic E-state index is -0.168. The molecule has 0 bridgehead atoms. The lowest BCUT2D eigenvalue weighted by atomic mass is 10.2. The molecule has 5 nitrogen and oxygen atoms in total. The second kappa shape index (κ2) is 4.76. The second-order valence-electron chi connectivity index (χ2n) is 2.95. The Hall–Kier alpha value is -1.36. The molecule has 1 aromatic rings. The van der Waals surface area contributed by atoms with Gasteiger partial charge in [-0.25, -0.2) is 0 Å². The largest absolute Gasteiger partial charge is 0.383 e. The summed E-state index contributed by atoms with van der Waals surface area (Å²) in [7, 11) is 1.59. The molecule has 0 unspecified atom stereocenters. The van der Waals surface area contributed by atoms with Gasteiger partial charge < -0.3 is 14.6 Å². The van der Waals surface area contributed by atoms with E-state index in [1.165, 1.54) is 0 Å². The number of nitrogens with zero attached hydrogens (tertiary/aromatic N) is 1. The van der Waals surface area contributed by atoms with Crippen molar-refractivity contribution in [3.05, 3.63) is 17.0 Å². The number of methoxy groups -OCH3 is 1. The van der Waals surface area contributed by atoms with E-state index in [1.807, 2.05) is 0 Å². The Morgan fingerprint density at radius 3 is 2.79 bits per heavy atom. The highest BCUT2D eigenvalue weighted by molar-refractivity contribution is 5.96. The maximum absolute atomic E-state index is 11.6. The monoisotopic (exact) mass is 198 g/mol. The van der Waals surface area contributed by atoms with E-state index in [4.69, 9.17) is 9.26 Å². The standard InChI is InChI=1S/C9H14N2O3/c1-6-8(7(2)14-11-6)9(12)10-4-5-13-3/h4-5H2,1-3H3,(H,10,12). The van der Waals surface area contributed by atoms with Crippen LogP contribution in [0.5, 0.6) is 0 Å². The zero-order valence-corrected chi connectivity index (χ0v) is 8.59. The first-order valence-corrected chi connectivity index (χ1v) is 4.36. The molecule has 0 aromatic carbocycles. The highest BCUT2D eigenvalue weighted by atomic mass is 16.5. The summed E-state index contributed by atoms with van der Waals surface area (Å²) in [6.45, 7) is 4.43. The van der Waals surface area contributed by atoms with E-state index >= 15 is 0 Å². The SMILES string of the molecule is COCCNC(=O)c1c(C)noc1C. The fourth-order valence-corrected chi connectivity index (χ4v) is 1.16. The first kappa shape index (κ1) is 10.7. The van der Waals surface area contributed by atoms with Crippen LogP contribution in [0.3, 0.4) is 0 Å². The van der Waals surface area contributed by atoms with E-state index in [-0.39, 0.29) is 5.91 Å². The van der Waals surface area contributed by atoms with Gasteiger partial charge in [0.2, 0.25) is 0 Å². The lowest BCUT2D eigenvalue weighted by Crippen LogP contribution is -2.27. The lowest BCUT2D eigenvalue weighted by molar-refractivity contribution is 0.0935. The summed E-state index contributed by atoms with van der Waals surface area (Å²) < 4.78 is 9.70. The van der Waals surface area contributed by atoms with Crippen LogP contribution in [-0.4, -0.2) is 31.3 Å². The molecule has 0 saturated carbocycles. The molecule has 1 aromatic heterocycles. The van der Waals surface area contributed by atoms with E-state index in [1.54, 1.807) is 21.0 Å². The smallest absolute Gasteiger partial charge is 0.256 e. The third-order valence-corrected chi connectivity index (χ3v) is 1.85. The van der Waals surface area contributed by atoms with E-state index in [9.17, 15) is 4.79 Å². The number of aryl methyl sites for hydroxylation is 2. The predicted molar refractivity (Wildman–Crippen MR) is 50.2 cm³/mol. The molecule has 0 aliphatic heterocycles. The molecule has 14 heavy (non-hydrogen) atoms. The van der Waals surface area contributed by atoms with Gasteiger partial charge in [0.15, 0.2) is 0 Å². The zero-order valence-electron chi connectivity index (χ0n) is 8.59. The van der Waals surface area contributed by atoms with Gasteiger partial charge in [-0.2, -0.15) is 0 Å². The van der Waals surface area contributed by atoms with Crippen molar-refractivity contribution in [3.8, 4) is 0 Å². The Bertz CT molecular complexity index is 300. The van der Waals surface area contributed by atoms with Gasteiger partial charge in [0.1, 0.15) is 11.3 Å². The molecule has 1 heterocycles. The van der Waals surface area contributed by atoms with E-state index < -0.39 is 0 Å². The van der Waals surface area contributed by atoms with Crippen LogP contribution in [0.4, 0.5) is 0 Å². The van der Waals surface area contributed by atoms with Gasteiger partial charge >= 0.3 is 0 Å². The summed E-state index contributed by atoms with van der Waals surface area (Å²) in [5.41, 5.74) is 1.12. The van der Waals surface area contributed by atoms with Crippen molar-refractivity contribution in [2.75, 3.05) is 20.3 Å². The predicted octanol–water partition coefficient (Wildman–Crippen LogP) is 0.668. The van der Waals surface area contributed by atoms with Gasteiger partial charge in [0, 0.05) is 13.7 Å². The first-order chi connectivity index (χ1) is 6.66. The topological polar surface area (TPSA) is 64.4 Å². The molecule has 1 amide bonds. The van der Waals surface area contributed by atoms with Gasteiger partial charge in [-0.05, 0) is 13.8 Å². The van der Waals surface area contributed by atoms with Crippen LogP contribution >= 0.6 is 0 Å². The Kier molecular flexibility index (Phi) is 3.64. The summed E-state index contributed by atoms with van der Waals surface area (Å²) >= 11 is 0. The molecule has 0 atom stereocenters. The summed E-state index contributed by atoms with van der Waals surface area (Å²) in [6.07, 6.45) is 0. The number of amides is 1. The highest BCUT2D eigenvalue weighted by Crippen LogP contribution is 2.11. The molecule has 1 rings (SSSR count). The number of nitrogens with one attached hydrogen (secondary N) is 1. The summed E-state index contributed by atoms with van der Waals surface area (Å²) in [6, 6.07) is 0. The van der Waals surface area contributed by atoms with Crippen LogP contribution in [0.15, 0.2) is 4.52 Å². The van der Waals surface area contributed by atoms with E-state index in [0.29, 0.717) is 30.2 Å². The maximum Gasteiger partial charge on any atom is 0.256 e. The number of hydrogen-bond donors (Lipinski definition) is 1. The number of carbonyl (C=O) groups is 1. The maximum atomic E-state index is 11.6. The Morgan fingerprint density at radius 1 is 1.57 bits per heavy atom. The highest BCUT2D eigenvalue weighted by Gasteiger charge is 2.16. The molecular weight excluding hydrogens is 184 g/mol. The fraction of sp³-hybridized carbons (Fsp3) is 0.556. The number of aromatic nitrogens is 1. The number of carbonyl (C=O) groups excluding carboxylic acids is 1. The average molecular weight is 198 g/mol. The van der Waals surface area contributed by atoms with Crippen molar-refractivity contribution in [2.24, 2.45) is 0 Å². The van der Waals surface area contributed by atoms with E-state index in [0.717, 1.165) is 0 Å². The third-order valence-electron chi connectivity index (χ3n) is 1.85. The average Bonchev–Trinajstić information content (AvgIpc) is 2.46. The van der Waals surface area contributed by atoms with Crippen LogP contribution in [0.2, 0.25) is 0 Å². The molecule has 0 fully saturated rings. The first-order valence-electron chi connectivity index (χ1n) is 4.36. The lowest BCUT2D eigenvalue weighted by Gasteiger charge is -2.02. The fourth-order valence-electron chi connectivity index (χ4n) is 1.16. The van der Waals surface area contributed by atoms with Gasteiger partial charge in [-0.15, -0.1) is 0 Å². The molecule has 0 radical (unpaired) electrons. The Balaban J connectivity index is 2.60. The van der Waals surface area contributed by atoms with Crippen LogP contribution < -0.4 is 5.32 Å². The quantitative estimate of drug-likeness (QED) is 0.722. The van der Waals surface area contributed by atoms with E-state index in [2.05, 4.69) is 10.5 Å². The molecule has 1 N–H and O–H groups in total. The van der Waals surface area contributed by atoms with Crippen molar-refractivity contribution in [1.29, 1.82) is 0 Å². The minimum absolute atomic E-state index is 0.168. The van der Waals surface area contributed by atoms with Crippen LogP contribution in [0, 0.1) is 13.8 Å². The molecular formula is C9H14N2O3. The molecule has 0 spiro atoms. The molecule has 0 aliphatic carbocycles. The van der Waals surface area contributed by atoms with Crippen molar-refractivity contribution >= 4 is 5.91 Å². The number of hydrogen-bond acceptors (Lipinski definition) is 4. The van der Waals surface area contributed by atoms with Gasteiger partial charge in [0.25, 0.3) is 5.91 Å². The molecule has 0 aliphatic rings. The van der Waals surface area contributed by atoms with Crippen molar-refractivity contribution in [1.82, 2.24) is 10.5 Å². The minimum Gasteiger partial charge on any atom is -0.383 e. The summed E-state index contributed by atoms with van der Waals surface area (Å²) in [5, 5.41) is 6.40. The molecule has 0 saturated heterocycles. The van der Waals surface area contributed by atoms with Crippen LogP contribution in [0.1, 0.15) is 21.8 Å². The Labute approximate surface area is 82.4 Å². The normalized spacial score (nSPS) is 10.2. The van der Waals surface area contributed by atoms with Crippen LogP contribution in [0.25, 0.3) is 0 Å². The van der Waals surface area contributed by atoms with Crippen molar-refractivity contribution in [2.45, 2.75) is 13.8 Å². The van der Waals surface area contributed by atoms with Crippen molar-refractivity contribution in [3.63, 3.8) is 0 Å². The van der Waals surface area contributed by atoms with Gasteiger partial charge in [-0.3, -0.25) is 4.79 Å². The summed E-state index contributed by atoms with van der Waals surface area (Å²) in [5.74, 6) is 0.371. The third kappa shape index (κ3) is 2.32. The summed E-state index contributed by atoms with van der Waals surface area (Å²) in [4.78, 5) is 11.6. The van der Waals surface area contributed by atoms with Gasteiger partial charge in [0.05, 0.1) is 12.3 Å². The van der Waals surface area contributed by atoms with Crippen LogP contribution in [-0.2, 0) is 4.74 Å². The Morgan fingerprint density at radius 2 is 2.29 bits per heavy atom. The zero-order chi connectivity index (χ0) is 10.6. The number of rotatable bonds is 4. The number of ether oxygens (including phenoxy) is 1. The van der Waals surface area contributed by atoms with Crippen molar-refractivity contribution < 1.29 is 14.1 Å². The molecule has 78 valence electrons. The second-order valence-corrected chi connectivity index (χ2v) is 2.95. The van der Waals surface area contributed by atoms with Gasteiger partial charge in [-0.1, -0.05) is 5.16 Å².